The molecule has 0 aromatic heterocycles. The molecule has 0 bridgehead atoms. The number of rotatable bonds is 36. The molecule has 5 aromatic carbocycles. The molecule has 6 aliphatic heterocycles. The molecular formula is C81H110O25S2Si. The maximum atomic E-state index is 14.1. The molecule has 0 aliphatic carbocycles. The molecule has 6 heterocycles. The van der Waals surface area contributed by atoms with Crippen molar-refractivity contribution in [3.8, 4) is 11.5 Å². The number of ether oxygens (including phenoxy) is 17. The van der Waals surface area contributed by atoms with Gasteiger partial charge in [0.1, 0.15) is 59.3 Å². The van der Waals surface area contributed by atoms with E-state index < -0.39 is 170 Å². The van der Waals surface area contributed by atoms with E-state index in [9.17, 15) is 26.4 Å². The fourth-order valence-electron chi connectivity index (χ4n) is 14.3. The number of carbonyl (C=O) groups excluding carboxylic acids is 2. The van der Waals surface area contributed by atoms with Crippen LogP contribution in [0.3, 0.4) is 0 Å². The van der Waals surface area contributed by atoms with Crippen LogP contribution in [-0.4, -0.2) is 185 Å². The van der Waals surface area contributed by atoms with Crippen molar-refractivity contribution in [2.24, 2.45) is 0 Å². The van der Waals surface area contributed by atoms with Crippen LogP contribution in [0, 0.1) is 0 Å². The number of Topliss-reactive ketones (excluding diaryl/α,β-unsaturated/α-hetero) is 1. The first-order valence-electron chi connectivity index (χ1n) is 38.3. The predicted molar refractivity (Wildman–Crippen MR) is 402 cm³/mol. The molecule has 0 spiro atoms. The van der Waals surface area contributed by atoms with E-state index in [1.807, 2.05) is 112 Å². The lowest BCUT2D eigenvalue weighted by Gasteiger charge is -2.46. The minimum absolute atomic E-state index is 0.0129. The molecule has 0 N–H and O–H groups in total. The molecule has 6 fully saturated rings. The smallest absolute Gasteiger partial charge is 0.306 e. The van der Waals surface area contributed by atoms with Crippen LogP contribution < -0.4 is 9.47 Å². The van der Waals surface area contributed by atoms with Crippen LogP contribution in [0.15, 0.2) is 146 Å². The van der Waals surface area contributed by atoms with Crippen molar-refractivity contribution in [3.05, 3.63) is 168 Å². The first-order valence-corrected chi connectivity index (χ1v) is 45.1. The van der Waals surface area contributed by atoms with Gasteiger partial charge in [0.05, 0.1) is 86.8 Å². The van der Waals surface area contributed by atoms with E-state index in [1.54, 1.807) is 75.4 Å². The summed E-state index contributed by atoms with van der Waals surface area (Å²) < 4.78 is 179. The lowest BCUT2D eigenvalue weighted by molar-refractivity contribution is -0.342. The van der Waals surface area contributed by atoms with Gasteiger partial charge in [-0.3, -0.25) is 13.2 Å². The Morgan fingerprint density at radius 2 is 0.798 bits per heavy atom. The van der Waals surface area contributed by atoms with E-state index in [1.165, 1.54) is 6.92 Å². The maximum Gasteiger partial charge on any atom is 0.306 e. The predicted octanol–water partition coefficient (Wildman–Crippen LogP) is 12.6. The maximum absolute atomic E-state index is 14.1. The summed E-state index contributed by atoms with van der Waals surface area (Å²) in [6.45, 7) is 20.5. The van der Waals surface area contributed by atoms with Gasteiger partial charge in [0.25, 0.3) is 20.2 Å². The first kappa shape index (κ1) is 84.2. The zero-order chi connectivity index (χ0) is 77.2. The highest BCUT2D eigenvalue weighted by Crippen LogP contribution is 2.40. The van der Waals surface area contributed by atoms with E-state index >= 15 is 0 Å². The zero-order valence-corrected chi connectivity index (χ0v) is 66.7. The SMILES string of the molecule is CC(=O)CCC(=O)O[C@H]1CC[C@H](O[C@@H]2C[C@H](O[C@@H]3[C@@H](C)O[C@@H](O[C@H]4CC[C@H](O[C@@H]5C[C@H](O[C@@H]6[C@@H](C)O[C@@H](Oc7ccc(OCOCC[Si](C)(C)C)cc7)C[C@H]6OCc6ccccc6)O[C@H](C)[C@H]5OS(=O)(=O)Cc5ccccc5)O[C@H]4C)C[C@H]3OCc3ccccc3)O[C@H](C)[C@H]2OS(=O)(=O)Cc2ccccc2)O[C@H]1C. The summed E-state index contributed by atoms with van der Waals surface area (Å²) in [5.74, 6) is -0.177. The fourth-order valence-corrected chi connectivity index (χ4v) is 17.6. The Kier molecular flexibility index (Phi) is 30.8. The average Bonchev–Trinajstić information content (AvgIpc) is 0.799. The third-order valence-corrected chi connectivity index (χ3v) is 24.2. The number of esters is 1. The lowest BCUT2D eigenvalue weighted by Crippen LogP contribution is -2.57. The standard InChI is InChI=1S/C81H110O25S2Si/c1-52(82)31-38-71(83)99-65-36-39-72(92-53(65)2)101-69-45-77(97-57(6)80(69)105-107(84,85)49-61-27-19-13-20-28-61)104-79-56(5)95-75(44-68(79)90-48-60-25-17-12-18-26-60)100-66-37-40-73(93-54(66)3)102-70-46-76(96-58(7)81(70)106-108(86,87)50-62-29-21-14-22-30-62)103-78-55(4)94-74(43-67(78)89-47-59-23-15-11-16-24-59)98-64-34-32-63(33-35-64)91-51-88-41-42-109(8,9)10/h11-30,32-35,53-58,65-70,72-81H,31,36-51H2,1-10H3/t53-,54-,55+,56+,57+,58+,65-,66-,67+,68+,69+,70+,72-,73-,74-,75-,76-,77-,78+,79+,80+,81+/m0/s1. The van der Waals surface area contributed by atoms with Crippen molar-refractivity contribution < 1.29 is 115 Å². The number of carbonyl (C=O) groups is 2. The van der Waals surface area contributed by atoms with Crippen molar-refractivity contribution in [2.75, 3.05) is 13.4 Å². The summed E-state index contributed by atoms with van der Waals surface area (Å²) in [5.41, 5.74) is 2.98. The van der Waals surface area contributed by atoms with Gasteiger partial charge >= 0.3 is 5.97 Å². The molecule has 0 saturated carbocycles. The number of benzene rings is 5. The van der Waals surface area contributed by atoms with Crippen LogP contribution >= 0.6 is 0 Å². The number of ketones is 1. The molecule has 109 heavy (non-hydrogen) atoms. The van der Waals surface area contributed by atoms with Crippen LogP contribution in [0.2, 0.25) is 25.7 Å². The highest BCUT2D eigenvalue weighted by atomic mass is 32.2. The monoisotopic (exact) mass is 1570 g/mol. The summed E-state index contributed by atoms with van der Waals surface area (Å²) >= 11 is 0. The van der Waals surface area contributed by atoms with Crippen LogP contribution in [0.5, 0.6) is 11.5 Å². The third kappa shape index (κ3) is 26.2. The zero-order valence-electron chi connectivity index (χ0n) is 64.1. The van der Waals surface area contributed by atoms with Crippen LogP contribution in [0.4, 0.5) is 0 Å². The van der Waals surface area contributed by atoms with E-state index in [-0.39, 0.29) is 69.4 Å². The Balaban J connectivity index is 0.748. The molecule has 6 aliphatic rings. The van der Waals surface area contributed by atoms with Crippen LogP contribution in [0.25, 0.3) is 0 Å². The van der Waals surface area contributed by atoms with Gasteiger partial charge in [-0.25, -0.2) is 0 Å². The third-order valence-electron chi connectivity index (χ3n) is 20.1. The van der Waals surface area contributed by atoms with Crippen molar-refractivity contribution >= 4 is 40.1 Å². The van der Waals surface area contributed by atoms with Crippen molar-refractivity contribution in [2.45, 2.75) is 298 Å². The van der Waals surface area contributed by atoms with Gasteiger partial charge < -0.3 is 85.3 Å². The van der Waals surface area contributed by atoms with Crippen LogP contribution in [0.1, 0.15) is 135 Å². The largest absolute Gasteiger partial charge is 0.468 e. The molecule has 600 valence electrons. The van der Waals surface area contributed by atoms with Crippen molar-refractivity contribution in [3.63, 3.8) is 0 Å². The van der Waals surface area contributed by atoms with E-state index in [4.69, 9.17) is 88.9 Å². The second-order valence-electron chi connectivity index (χ2n) is 30.4. The first-order chi connectivity index (χ1) is 52.2. The van der Waals surface area contributed by atoms with Gasteiger partial charge in [-0.05, 0) is 114 Å². The highest BCUT2D eigenvalue weighted by Gasteiger charge is 2.50. The Morgan fingerprint density at radius 1 is 0.413 bits per heavy atom. The van der Waals surface area contributed by atoms with Gasteiger partial charge in [0.2, 0.25) is 6.29 Å². The molecule has 5 aromatic rings. The summed E-state index contributed by atoms with van der Waals surface area (Å²) in [6.07, 6.45) is -15.1. The van der Waals surface area contributed by atoms with E-state index in [0.717, 1.165) is 17.2 Å². The molecule has 11 rings (SSSR count). The molecule has 0 unspecified atom stereocenters. The summed E-state index contributed by atoms with van der Waals surface area (Å²) in [5, 5.41) is 0. The van der Waals surface area contributed by atoms with Gasteiger partial charge in [-0.1, -0.05) is 141 Å². The number of hydrogen-bond acceptors (Lipinski definition) is 25. The molecule has 28 heteroatoms. The Hall–Kier alpha value is -5.68. The highest BCUT2D eigenvalue weighted by molar-refractivity contribution is 7.86. The van der Waals surface area contributed by atoms with Crippen molar-refractivity contribution in [1.82, 2.24) is 0 Å². The van der Waals surface area contributed by atoms with Gasteiger partial charge in [-0.2, -0.15) is 16.8 Å². The molecule has 25 nitrogen and oxygen atoms in total. The van der Waals surface area contributed by atoms with Gasteiger partial charge in [-0.15, -0.1) is 0 Å². The quantitative estimate of drug-likeness (QED) is 0.0118. The number of hydrogen-bond donors (Lipinski definition) is 0. The second-order valence-corrected chi connectivity index (χ2v) is 39.2. The summed E-state index contributed by atoms with van der Waals surface area (Å²) in [7, 11) is -9.66. The minimum atomic E-state index is -4.22. The Morgan fingerprint density at radius 3 is 1.25 bits per heavy atom. The molecule has 0 amide bonds. The Labute approximate surface area is 643 Å². The fraction of sp³-hybridized carbons (Fsp3) is 0.605. The molecule has 22 atom stereocenters. The van der Waals surface area contributed by atoms with Crippen LogP contribution in [-0.2, 0) is 134 Å². The summed E-state index contributed by atoms with van der Waals surface area (Å²) in [6, 6.07) is 45.4. The average molecular weight is 1580 g/mol. The van der Waals surface area contributed by atoms with Gasteiger partial charge in [0, 0.05) is 59.6 Å². The molecule has 6 saturated heterocycles. The topological polar surface area (TPSA) is 278 Å². The second kappa shape index (κ2) is 39.9. The molecular weight excluding hydrogens is 1470 g/mol. The molecule has 0 radical (unpaired) electrons. The van der Waals surface area contributed by atoms with Gasteiger partial charge in [0.15, 0.2) is 38.2 Å². The lowest BCUT2D eigenvalue weighted by atomic mass is 9.99. The van der Waals surface area contributed by atoms with Crippen molar-refractivity contribution in [1.29, 1.82) is 0 Å². The minimum Gasteiger partial charge on any atom is -0.468 e. The normalized spacial score (nSPS) is 32.0. The summed E-state index contributed by atoms with van der Waals surface area (Å²) in [4.78, 5) is 24.3. The van der Waals surface area contributed by atoms with E-state index in [0.29, 0.717) is 61.3 Å². The Bertz CT molecular complexity index is 3810. The van der Waals surface area contributed by atoms with E-state index in [2.05, 4.69) is 19.6 Å².